The Morgan fingerprint density at radius 1 is 1.34 bits per heavy atom. The molecule has 1 aromatic rings. The number of nitrogens with zero attached hydrogens (tertiary/aromatic N) is 4. The minimum atomic E-state index is -0.778. The third kappa shape index (κ3) is 7.89. The fourth-order valence-corrected chi connectivity index (χ4v) is 3.21. The summed E-state index contributed by atoms with van der Waals surface area (Å²) in [6, 6.07) is 1.80. The van der Waals surface area contributed by atoms with Crippen molar-refractivity contribution in [3.63, 3.8) is 0 Å². The van der Waals surface area contributed by atoms with Gasteiger partial charge in [-0.1, -0.05) is 24.3 Å². The van der Waals surface area contributed by atoms with Gasteiger partial charge in [-0.15, -0.1) is 0 Å². The smallest absolute Gasteiger partial charge is 0.412 e. The number of ether oxygens (including phenoxy) is 3. The van der Waals surface area contributed by atoms with Gasteiger partial charge in [-0.25, -0.2) is 14.6 Å². The highest BCUT2D eigenvalue weighted by atomic mass is 35.5. The number of hydrogen-bond acceptors (Lipinski definition) is 8. The number of anilines is 1. The molecular formula is C21H28ClN5O5. The largest absolute Gasteiger partial charge is 0.476 e. The zero-order valence-electron chi connectivity index (χ0n) is 18.5. The van der Waals surface area contributed by atoms with E-state index in [9.17, 15) is 9.59 Å². The Morgan fingerprint density at radius 3 is 2.62 bits per heavy atom. The summed E-state index contributed by atoms with van der Waals surface area (Å²) in [5.74, 6) is 0.152. The summed E-state index contributed by atoms with van der Waals surface area (Å²) < 4.78 is 16.0. The van der Waals surface area contributed by atoms with Crippen molar-refractivity contribution in [3.8, 4) is 11.9 Å². The predicted octanol–water partition coefficient (Wildman–Crippen LogP) is 4.15. The Kier molecular flexibility index (Phi) is 9.08. The molecule has 1 saturated heterocycles. The number of piperidine rings is 1. The van der Waals surface area contributed by atoms with Crippen LogP contribution < -0.4 is 10.1 Å². The SMILES string of the molecule is C=CCOC(=O)Nc1c(Cl)nc(C#N)nc1OCCC1CCN(C(=O)OC(C)(C)C)CC1. The van der Waals surface area contributed by atoms with E-state index in [1.54, 1.807) is 11.0 Å². The molecular weight excluding hydrogens is 438 g/mol. The van der Waals surface area contributed by atoms with E-state index in [1.165, 1.54) is 6.08 Å². The molecule has 0 unspecified atom stereocenters. The summed E-state index contributed by atoms with van der Waals surface area (Å²) >= 11 is 6.09. The quantitative estimate of drug-likeness (QED) is 0.469. The highest BCUT2D eigenvalue weighted by Gasteiger charge is 2.27. The second kappa shape index (κ2) is 11.5. The number of hydrogen-bond donors (Lipinski definition) is 1. The first-order valence-electron chi connectivity index (χ1n) is 10.3. The first-order chi connectivity index (χ1) is 15.1. The second-order valence-corrected chi connectivity index (χ2v) is 8.55. The van der Waals surface area contributed by atoms with Crippen LogP contribution in [0.2, 0.25) is 5.15 Å². The van der Waals surface area contributed by atoms with Crippen LogP contribution in [0.1, 0.15) is 45.9 Å². The maximum Gasteiger partial charge on any atom is 0.412 e. The van der Waals surface area contributed by atoms with Gasteiger partial charge in [0.2, 0.25) is 11.7 Å². The van der Waals surface area contributed by atoms with Crippen molar-refractivity contribution in [1.29, 1.82) is 5.26 Å². The number of likely N-dealkylation sites (tertiary alicyclic amines) is 1. The zero-order chi connectivity index (χ0) is 23.7. The number of amides is 2. The number of aromatic nitrogens is 2. The van der Waals surface area contributed by atoms with Gasteiger partial charge in [0.15, 0.2) is 5.15 Å². The predicted molar refractivity (Wildman–Crippen MR) is 118 cm³/mol. The molecule has 1 aliphatic heterocycles. The summed E-state index contributed by atoms with van der Waals surface area (Å²) in [5.41, 5.74) is -0.494. The standard InChI is InChI=1S/C21H28ClN5O5/c1-5-11-31-19(28)26-16-17(22)24-15(13-23)25-18(16)30-12-8-14-6-9-27(10-7-14)20(29)32-21(2,3)4/h5,14H,1,6-12H2,2-4H3,(H,26,28). The Hall–Kier alpha value is -3.06. The van der Waals surface area contributed by atoms with Crippen LogP contribution in [0.4, 0.5) is 15.3 Å². The van der Waals surface area contributed by atoms with Gasteiger partial charge in [-0.05, 0) is 46.0 Å². The molecule has 0 atom stereocenters. The van der Waals surface area contributed by atoms with Crippen molar-refractivity contribution in [3.05, 3.63) is 23.6 Å². The van der Waals surface area contributed by atoms with E-state index in [1.807, 2.05) is 20.8 Å². The lowest BCUT2D eigenvalue weighted by Crippen LogP contribution is -2.41. The molecule has 1 aliphatic rings. The maximum absolute atomic E-state index is 12.2. The Morgan fingerprint density at radius 2 is 2.03 bits per heavy atom. The average molecular weight is 466 g/mol. The summed E-state index contributed by atoms with van der Waals surface area (Å²) in [5, 5.41) is 11.4. The highest BCUT2D eigenvalue weighted by Crippen LogP contribution is 2.30. The van der Waals surface area contributed by atoms with Gasteiger partial charge in [-0.3, -0.25) is 5.32 Å². The van der Waals surface area contributed by atoms with Crippen molar-refractivity contribution in [2.75, 3.05) is 31.6 Å². The van der Waals surface area contributed by atoms with Crippen molar-refractivity contribution in [1.82, 2.24) is 14.9 Å². The summed E-state index contributed by atoms with van der Waals surface area (Å²) in [7, 11) is 0. The Labute approximate surface area is 192 Å². The first-order valence-corrected chi connectivity index (χ1v) is 10.6. The molecule has 1 N–H and O–H groups in total. The molecule has 10 nitrogen and oxygen atoms in total. The minimum Gasteiger partial charge on any atom is -0.476 e. The third-order valence-corrected chi connectivity index (χ3v) is 4.80. The number of carbonyl (C=O) groups excluding carboxylic acids is 2. The van der Waals surface area contributed by atoms with Crippen molar-refractivity contribution >= 4 is 29.5 Å². The second-order valence-electron chi connectivity index (χ2n) is 8.19. The number of carbonyl (C=O) groups is 2. The van der Waals surface area contributed by atoms with Crippen molar-refractivity contribution in [2.45, 2.75) is 45.6 Å². The van der Waals surface area contributed by atoms with Crippen molar-refractivity contribution in [2.24, 2.45) is 5.92 Å². The molecule has 1 fully saturated rings. The molecule has 2 amide bonds. The molecule has 1 aromatic heterocycles. The fraction of sp³-hybridized carbons (Fsp3) is 0.571. The van der Waals surface area contributed by atoms with Crippen LogP contribution in [0.5, 0.6) is 5.88 Å². The fourth-order valence-electron chi connectivity index (χ4n) is 3.00. The van der Waals surface area contributed by atoms with E-state index >= 15 is 0 Å². The molecule has 0 saturated carbocycles. The van der Waals surface area contributed by atoms with Crippen LogP contribution >= 0.6 is 11.6 Å². The van der Waals surface area contributed by atoms with Crippen molar-refractivity contribution < 1.29 is 23.8 Å². The van der Waals surface area contributed by atoms with E-state index in [0.717, 1.165) is 12.8 Å². The van der Waals surface area contributed by atoms with Gasteiger partial charge in [-0.2, -0.15) is 10.2 Å². The van der Waals surface area contributed by atoms with Gasteiger partial charge in [0, 0.05) is 13.1 Å². The van der Waals surface area contributed by atoms with E-state index in [0.29, 0.717) is 25.4 Å². The summed E-state index contributed by atoms with van der Waals surface area (Å²) in [6.45, 7) is 10.5. The average Bonchev–Trinajstić information content (AvgIpc) is 2.73. The van der Waals surface area contributed by atoms with E-state index in [4.69, 9.17) is 31.1 Å². The van der Waals surface area contributed by atoms with Gasteiger partial charge >= 0.3 is 12.2 Å². The summed E-state index contributed by atoms with van der Waals surface area (Å²) in [4.78, 5) is 33.6. The highest BCUT2D eigenvalue weighted by molar-refractivity contribution is 6.32. The minimum absolute atomic E-state index is 0.0108. The molecule has 2 heterocycles. The zero-order valence-corrected chi connectivity index (χ0v) is 19.3. The molecule has 174 valence electrons. The molecule has 11 heteroatoms. The number of nitrogens with one attached hydrogen (secondary N) is 1. The number of rotatable bonds is 7. The van der Waals surface area contributed by atoms with E-state index in [2.05, 4.69) is 21.9 Å². The summed E-state index contributed by atoms with van der Waals surface area (Å²) in [6.07, 6.45) is 2.67. The van der Waals surface area contributed by atoms with Gasteiger partial charge < -0.3 is 19.1 Å². The lowest BCUT2D eigenvalue weighted by molar-refractivity contribution is 0.0177. The van der Waals surface area contributed by atoms with Crippen LogP contribution in [-0.4, -0.2) is 59.0 Å². The molecule has 2 rings (SSSR count). The molecule has 32 heavy (non-hydrogen) atoms. The number of halogens is 1. The molecule has 0 bridgehead atoms. The molecule has 0 aliphatic carbocycles. The Balaban J connectivity index is 1.91. The van der Waals surface area contributed by atoms with Crippen LogP contribution in [0, 0.1) is 17.2 Å². The van der Waals surface area contributed by atoms with Crippen LogP contribution in [-0.2, 0) is 9.47 Å². The molecule has 0 aromatic carbocycles. The van der Waals surface area contributed by atoms with Crippen LogP contribution in [0.15, 0.2) is 12.7 Å². The van der Waals surface area contributed by atoms with E-state index < -0.39 is 11.7 Å². The maximum atomic E-state index is 12.2. The third-order valence-electron chi connectivity index (χ3n) is 4.52. The molecule has 0 radical (unpaired) electrons. The van der Waals surface area contributed by atoms with Crippen LogP contribution in [0.25, 0.3) is 0 Å². The first kappa shape index (κ1) is 25.2. The van der Waals surface area contributed by atoms with Gasteiger partial charge in [0.25, 0.3) is 0 Å². The monoisotopic (exact) mass is 465 g/mol. The lowest BCUT2D eigenvalue weighted by atomic mass is 9.94. The van der Waals surface area contributed by atoms with Gasteiger partial charge in [0.1, 0.15) is 24.0 Å². The molecule has 0 spiro atoms. The number of nitriles is 1. The topological polar surface area (TPSA) is 127 Å². The van der Waals surface area contributed by atoms with E-state index in [-0.39, 0.29) is 41.9 Å². The lowest BCUT2D eigenvalue weighted by Gasteiger charge is -2.33. The normalized spacial score (nSPS) is 14.3. The van der Waals surface area contributed by atoms with Gasteiger partial charge in [0.05, 0.1) is 6.61 Å². The van der Waals surface area contributed by atoms with Crippen LogP contribution in [0.3, 0.4) is 0 Å². The Bertz CT molecular complexity index is 873.